The molecule has 0 aromatic rings. The van der Waals surface area contributed by atoms with Gasteiger partial charge in [-0.1, -0.05) is 36.7 Å². The van der Waals surface area contributed by atoms with Crippen molar-refractivity contribution >= 4 is 21.8 Å². The summed E-state index contributed by atoms with van der Waals surface area (Å²) in [5.74, 6) is -0.555. The molecule has 0 radical (unpaired) electrons. The highest BCUT2D eigenvalue weighted by atomic mass is 79.9. The standard InChI is InChI=1S/C11H19BrF3NO/c1-10(2,3)6-8(12)7-16-9(17)4-5-11(13,14)15/h8H,4-7H2,1-3H3,(H,16,17). The predicted octanol–water partition coefficient (Wildman–Crippen LogP) is 3.64. The second kappa shape index (κ2) is 6.61. The molecule has 0 saturated heterocycles. The molecule has 2 nitrogen and oxygen atoms in total. The van der Waals surface area contributed by atoms with Crippen molar-refractivity contribution in [2.45, 2.75) is 51.0 Å². The number of rotatable bonds is 5. The maximum Gasteiger partial charge on any atom is 0.389 e. The quantitative estimate of drug-likeness (QED) is 0.770. The molecule has 0 spiro atoms. The van der Waals surface area contributed by atoms with Crippen molar-refractivity contribution < 1.29 is 18.0 Å². The molecule has 17 heavy (non-hydrogen) atoms. The molecule has 0 aliphatic carbocycles. The van der Waals surface area contributed by atoms with E-state index in [1.165, 1.54) is 0 Å². The molecule has 102 valence electrons. The molecule has 1 unspecified atom stereocenters. The van der Waals surface area contributed by atoms with Gasteiger partial charge in [0.15, 0.2) is 0 Å². The molecule has 0 aliphatic rings. The smallest absolute Gasteiger partial charge is 0.355 e. The van der Waals surface area contributed by atoms with Crippen LogP contribution in [-0.2, 0) is 4.79 Å². The van der Waals surface area contributed by atoms with Gasteiger partial charge < -0.3 is 5.32 Å². The normalized spacial score (nSPS) is 14.5. The number of nitrogens with one attached hydrogen (secondary N) is 1. The maximum atomic E-state index is 11.8. The second-order valence-corrected chi connectivity index (χ2v) is 6.58. The van der Waals surface area contributed by atoms with Crippen molar-refractivity contribution in [1.82, 2.24) is 5.32 Å². The molecule has 1 atom stereocenters. The summed E-state index contributed by atoms with van der Waals surface area (Å²) in [6.45, 7) is 6.54. The fourth-order valence-corrected chi connectivity index (χ4v) is 2.44. The summed E-state index contributed by atoms with van der Waals surface area (Å²) in [5.41, 5.74) is 0.116. The average Bonchev–Trinajstić information content (AvgIpc) is 2.07. The minimum Gasteiger partial charge on any atom is -0.355 e. The van der Waals surface area contributed by atoms with Gasteiger partial charge in [-0.15, -0.1) is 0 Å². The summed E-state index contributed by atoms with van der Waals surface area (Å²) in [6.07, 6.45) is -4.99. The van der Waals surface area contributed by atoms with Gasteiger partial charge in [0.2, 0.25) is 5.91 Å². The Morgan fingerprint density at radius 2 is 1.82 bits per heavy atom. The third-order valence-corrected chi connectivity index (χ3v) is 2.64. The van der Waals surface area contributed by atoms with Gasteiger partial charge in [-0.3, -0.25) is 4.79 Å². The first-order valence-corrected chi connectivity index (χ1v) is 6.39. The first kappa shape index (κ1) is 16.7. The van der Waals surface area contributed by atoms with Gasteiger partial charge in [-0.05, 0) is 11.8 Å². The van der Waals surface area contributed by atoms with Crippen LogP contribution in [0.1, 0.15) is 40.0 Å². The Morgan fingerprint density at radius 1 is 1.29 bits per heavy atom. The lowest BCUT2D eigenvalue weighted by atomic mass is 9.90. The van der Waals surface area contributed by atoms with E-state index in [2.05, 4.69) is 42.0 Å². The Balaban J connectivity index is 3.78. The highest BCUT2D eigenvalue weighted by Gasteiger charge is 2.28. The Kier molecular flexibility index (Phi) is 6.51. The number of alkyl halides is 4. The summed E-state index contributed by atoms with van der Waals surface area (Å²) in [4.78, 5) is 11.2. The van der Waals surface area contributed by atoms with Gasteiger partial charge in [-0.2, -0.15) is 13.2 Å². The maximum absolute atomic E-state index is 11.8. The number of carbonyl (C=O) groups is 1. The number of carbonyl (C=O) groups excluding carboxylic acids is 1. The summed E-state index contributed by atoms with van der Waals surface area (Å²) < 4.78 is 35.5. The molecule has 0 bridgehead atoms. The average molecular weight is 318 g/mol. The van der Waals surface area contributed by atoms with Crippen molar-refractivity contribution in [3.8, 4) is 0 Å². The van der Waals surface area contributed by atoms with Gasteiger partial charge >= 0.3 is 6.18 Å². The minimum atomic E-state index is -4.27. The zero-order chi connectivity index (χ0) is 13.7. The van der Waals surface area contributed by atoms with E-state index in [0.29, 0.717) is 6.54 Å². The van der Waals surface area contributed by atoms with Crippen LogP contribution in [0.3, 0.4) is 0 Å². The van der Waals surface area contributed by atoms with E-state index in [9.17, 15) is 18.0 Å². The third-order valence-electron chi connectivity index (χ3n) is 1.99. The van der Waals surface area contributed by atoms with Gasteiger partial charge in [0.05, 0.1) is 6.42 Å². The van der Waals surface area contributed by atoms with Crippen LogP contribution in [0.5, 0.6) is 0 Å². The highest BCUT2D eigenvalue weighted by molar-refractivity contribution is 9.09. The summed E-state index contributed by atoms with van der Waals surface area (Å²) >= 11 is 3.40. The zero-order valence-corrected chi connectivity index (χ0v) is 11.9. The number of halogens is 4. The first-order valence-electron chi connectivity index (χ1n) is 5.47. The largest absolute Gasteiger partial charge is 0.389 e. The number of amides is 1. The Morgan fingerprint density at radius 3 is 2.24 bits per heavy atom. The van der Waals surface area contributed by atoms with E-state index in [1.807, 2.05) is 0 Å². The van der Waals surface area contributed by atoms with Crippen LogP contribution < -0.4 is 5.32 Å². The van der Waals surface area contributed by atoms with Crippen molar-refractivity contribution in [3.05, 3.63) is 0 Å². The SMILES string of the molecule is CC(C)(C)CC(Br)CNC(=O)CCC(F)(F)F. The topological polar surface area (TPSA) is 29.1 Å². The second-order valence-electron chi connectivity index (χ2n) is 5.28. The van der Waals surface area contributed by atoms with Crippen molar-refractivity contribution in [3.63, 3.8) is 0 Å². The summed E-state index contributed by atoms with van der Waals surface area (Å²) in [5, 5.41) is 2.49. The molecule has 1 amide bonds. The molecule has 0 rings (SSSR count). The fourth-order valence-electron chi connectivity index (χ4n) is 1.30. The number of hydrogen-bond donors (Lipinski definition) is 1. The molecule has 0 fully saturated rings. The van der Waals surface area contributed by atoms with Crippen LogP contribution in [0.2, 0.25) is 0 Å². The van der Waals surface area contributed by atoms with Gasteiger partial charge in [-0.25, -0.2) is 0 Å². The van der Waals surface area contributed by atoms with E-state index >= 15 is 0 Å². The molecule has 0 heterocycles. The lowest BCUT2D eigenvalue weighted by Crippen LogP contribution is -2.32. The van der Waals surface area contributed by atoms with Crippen LogP contribution >= 0.6 is 15.9 Å². The molecule has 0 aromatic carbocycles. The molecule has 1 N–H and O–H groups in total. The molecule has 0 saturated carbocycles. The Bertz CT molecular complexity index is 248. The minimum absolute atomic E-state index is 0.0809. The van der Waals surface area contributed by atoms with Crippen LogP contribution in [0, 0.1) is 5.41 Å². The van der Waals surface area contributed by atoms with Crippen molar-refractivity contribution in [2.75, 3.05) is 6.54 Å². The van der Waals surface area contributed by atoms with Gasteiger partial charge in [0.1, 0.15) is 0 Å². The van der Waals surface area contributed by atoms with Crippen LogP contribution in [0.15, 0.2) is 0 Å². The molecular weight excluding hydrogens is 299 g/mol. The van der Waals surface area contributed by atoms with Gasteiger partial charge in [0.25, 0.3) is 0 Å². The third kappa shape index (κ3) is 12.0. The highest BCUT2D eigenvalue weighted by Crippen LogP contribution is 2.24. The predicted molar refractivity (Wildman–Crippen MR) is 65.1 cm³/mol. The lowest BCUT2D eigenvalue weighted by Gasteiger charge is -2.22. The van der Waals surface area contributed by atoms with E-state index < -0.39 is 24.9 Å². The van der Waals surface area contributed by atoms with Crippen molar-refractivity contribution in [1.29, 1.82) is 0 Å². The fraction of sp³-hybridized carbons (Fsp3) is 0.909. The van der Waals surface area contributed by atoms with E-state index in [-0.39, 0.29) is 10.2 Å². The van der Waals surface area contributed by atoms with E-state index in [1.54, 1.807) is 0 Å². The molecule has 6 heteroatoms. The van der Waals surface area contributed by atoms with E-state index in [4.69, 9.17) is 0 Å². The summed E-state index contributed by atoms with van der Waals surface area (Å²) in [7, 11) is 0. The van der Waals surface area contributed by atoms with Crippen LogP contribution in [-0.4, -0.2) is 23.5 Å². The Hall–Kier alpha value is -0.260. The monoisotopic (exact) mass is 317 g/mol. The van der Waals surface area contributed by atoms with Crippen LogP contribution in [0.25, 0.3) is 0 Å². The van der Waals surface area contributed by atoms with Crippen molar-refractivity contribution in [2.24, 2.45) is 5.41 Å². The molecular formula is C11H19BrF3NO. The Labute approximate surface area is 108 Å². The van der Waals surface area contributed by atoms with Gasteiger partial charge in [0, 0.05) is 17.8 Å². The first-order chi connectivity index (χ1) is 7.49. The van der Waals surface area contributed by atoms with Crippen LogP contribution in [0.4, 0.5) is 13.2 Å². The zero-order valence-electron chi connectivity index (χ0n) is 10.3. The van der Waals surface area contributed by atoms with E-state index in [0.717, 1.165) is 6.42 Å². The molecule has 0 aromatic heterocycles. The number of hydrogen-bond acceptors (Lipinski definition) is 1. The molecule has 0 aliphatic heterocycles. The summed E-state index contributed by atoms with van der Waals surface area (Å²) in [6, 6.07) is 0. The lowest BCUT2D eigenvalue weighted by molar-refractivity contribution is -0.144.